The van der Waals surface area contributed by atoms with Crippen LogP contribution in [0.2, 0.25) is 0 Å². The van der Waals surface area contributed by atoms with Crippen LogP contribution < -0.4 is 5.56 Å². The van der Waals surface area contributed by atoms with Crippen molar-refractivity contribution in [3.8, 4) is 0 Å². The van der Waals surface area contributed by atoms with E-state index >= 15 is 0 Å². The van der Waals surface area contributed by atoms with Crippen LogP contribution in [0.5, 0.6) is 0 Å². The van der Waals surface area contributed by atoms with E-state index in [2.05, 4.69) is 10.2 Å². The van der Waals surface area contributed by atoms with Crippen molar-refractivity contribution in [1.82, 2.24) is 15.1 Å². The van der Waals surface area contributed by atoms with Gasteiger partial charge in [0.2, 0.25) is 0 Å². The molecule has 2 aliphatic rings. The van der Waals surface area contributed by atoms with Crippen molar-refractivity contribution < 1.29 is 14.3 Å². The first-order valence-corrected chi connectivity index (χ1v) is 10.0. The van der Waals surface area contributed by atoms with Crippen molar-refractivity contribution in [2.45, 2.75) is 51.0 Å². The van der Waals surface area contributed by atoms with E-state index in [1.807, 2.05) is 4.90 Å². The lowest BCUT2D eigenvalue weighted by molar-refractivity contribution is -0.154. The number of hydrogen-bond donors (Lipinski definition) is 1. The molecule has 7 nitrogen and oxygen atoms in total. The summed E-state index contributed by atoms with van der Waals surface area (Å²) in [6.07, 6.45) is 6.79. The highest BCUT2D eigenvalue weighted by Gasteiger charge is 2.35. The maximum atomic E-state index is 12.7. The molecule has 0 radical (unpaired) electrons. The lowest BCUT2D eigenvalue weighted by Crippen LogP contribution is -2.50. The number of amides is 1. The third-order valence-electron chi connectivity index (χ3n) is 6.01. The van der Waals surface area contributed by atoms with Gasteiger partial charge in [0.1, 0.15) is 0 Å². The molecule has 2 atom stereocenters. The molecule has 1 aromatic heterocycles. The fraction of sp³-hybridized carbons (Fsp3) is 0.524. The summed E-state index contributed by atoms with van der Waals surface area (Å²) in [6, 6.07) is 7.29. The van der Waals surface area contributed by atoms with Crippen molar-refractivity contribution in [3.05, 3.63) is 40.3 Å². The summed E-state index contributed by atoms with van der Waals surface area (Å²) in [5.41, 5.74) is 0.146. The van der Waals surface area contributed by atoms with E-state index in [0.29, 0.717) is 28.4 Å². The van der Waals surface area contributed by atoms with Gasteiger partial charge in [-0.1, -0.05) is 31.0 Å². The van der Waals surface area contributed by atoms with Crippen LogP contribution in [0.1, 0.15) is 44.2 Å². The molecule has 4 rings (SSSR count). The number of nitrogens with zero attached hydrogens (tertiary/aromatic N) is 2. The molecule has 1 aliphatic heterocycles. The summed E-state index contributed by atoms with van der Waals surface area (Å²) in [5, 5.41) is 7.49. The predicted molar refractivity (Wildman–Crippen MR) is 104 cm³/mol. The van der Waals surface area contributed by atoms with Gasteiger partial charge in [0.25, 0.3) is 11.5 Å². The molecule has 1 saturated carbocycles. The summed E-state index contributed by atoms with van der Waals surface area (Å²) in [4.78, 5) is 38.7. The molecule has 2 heterocycles. The highest BCUT2D eigenvalue weighted by Crippen LogP contribution is 2.35. The van der Waals surface area contributed by atoms with E-state index in [1.165, 1.54) is 19.3 Å². The maximum absolute atomic E-state index is 12.7. The number of nitrogens with one attached hydrogen (secondary N) is 1. The van der Waals surface area contributed by atoms with E-state index in [4.69, 9.17) is 4.74 Å². The number of carbonyl (C=O) groups is 2. The fourth-order valence-corrected chi connectivity index (χ4v) is 4.65. The normalized spacial score (nSPS) is 21.9. The monoisotopic (exact) mass is 383 g/mol. The number of carbonyl (C=O) groups excluding carboxylic acids is 2. The summed E-state index contributed by atoms with van der Waals surface area (Å²) < 4.78 is 5.26. The van der Waals surface area contributed by atoms with Crippen LogP contribution in [0.4, 0.5) is 0 Å². The van der Waals surface area contributed by atoms with Gasteiger partial charge in [0.05, 0.1) is 17.5 Å². The minimum Gasteiger partial charge on any atom is -0.455 e. The lowest BCUT2D eigenvalue weighted by atomic mass is 9.78. The van der Waals surface area contributed by atoms with Crippen LogP contribution in [0.25, 0.3) is 10.8 Å². The molecule has 0 spiro atoms. The Bertz CT molecular complexity index is 937. The molecule has 7 heteroatoms. The van der Waals surface area contributed by atoms with Crippen molar-refractivity contribution in [2.24, 2.45) is 5.92 Å². The van der Waals surface area contributed by atoms with Gasteiger partial charge >= 0.3 is 5.97 Å². The summed E-state index contributed by atoms with van der Waals surface area (Å²) in [7, 11) is 0. The molecule has 148 valence electrons. The van der Waals surface area contributed by atoms with Gasteiger partial charge in [-0.3, -0.25) is 14.4 Å². The minimum absolute atomic E-state index is 0.0867. The highest BCUT2D eigenvalue weighted by molar-refractivity contribution is 5.87. The molecule has 28 heavy (non-hydrogen) atoms. The van der Waals surface area contributed by atoms with Gasteiger partial charge in [-0.2, -0.15) is 5.10 Å². The summed E-state index contributed by atoms with van der Waals surface area (Å²) >= 11 is 0. The minimum atomic E-state index is -0.518. The van der Waals surface area contributed by atoms with Crippen LogP contribution in [0, 0.1) is 5.92 Å². The van der Waals surface area contributed by atoms with Crippen LogP contribution in [0.15, 0.2) is 29.1 Å². The molecule has 0 bridgehead atoms. The van der Waals surface area contributed by atoms with E-state index in [1.54, 1.807) is 24.3 Å². The van der Waals surface area contributed by atoms with Gasteiger partial charge < -0.3 is 9.64 Å². The first kappa shape index (κ1) is 18.7. The average molecular weight is 383 g/mol. The number of hydrogen-bond acceptors (Lipinski definition) is 5. The second kappa shape index (κ2) is 8.12. The number of fused-ring (bicyclic) bond motifs is 2. The second-order valence-electron chi connectivity index (χ2n) is 7.72. The summed E-state index contributed by atoms with van der Waals surface area (Å²) in [5.74, 6) is -0.0293. The molecule has 1 amide bonds. The number of H-pyrrole nitrogens is 1. The number of likely N-dealkylation sites (tertiary alicyclic amines) is 1. The lowest BCUT2D eigenvalue weighted by Gasteiger charge is -2.44. The molecule has 1 N–H and O–H groups in total. The maximum Gasteiger partial charge on any atom is 0.312 e. The van der Waals surface area contributed by atoms with Crippen LogP contribution >= 0.6 is 0 Å². The number of esters is 1. The average Bonchev–Trinajstić information content (AvgIpc) is 2.74. The van der Waals surface area contributed by atoms with Crippen LogP contribution in [0.3, 0.4) is 0 Å². The first-order chi connectivity index (χ1) is 13.6. The van der Waals surface area contributed by atoms with Gasteiger partial charge in [0, 0.05) is 18.0 Å². The number of aromatic nitrogens is 2. The standard InChI is InChI=1S/C21H25N3O4/c25-19(24-11-5-7-14-6-1-4-10-18(14)24)13-28-20(26)12-17-15-8-2-3-9-16(15)21(27)23-22-17/h2-3,8-9,14,18H,1,4-7,10-13H2,(H,23,27)/t14-,18+/m0/s1. The Kier molecular flexibility index (Phi) is 5.41. The zero-order chi connectivity index (χ0) is 19.5. The fourth-order valence-electron chi connectivity index (χ4n) is 4.65. The number of rotatable bonds is 4. The van der Waals surface area contributed by atoms with E-state index in [9.17, 15) is 14.4 Å². The van der Waals surface area contributed by atoms with Gasteiger partial charge in [-0.15, -0.1) is 0 Å². The smallest absolute Gasteiger partial charge is 0.312 e. The molecular formula is C21H25N3O4. The first-order valence-electron chi connectivity index (χ1n) is 10.0. The summed E-state index contributed by atoms with van der Waals surface area (Å²) in [6.45, 7) is 0.521. The number of benzene rings is 1. The Labute approximate surface area is 163 Å². The Morgan fingerprint density at radius 2 is 1.86 bits per heavy atom. The largest absolute Gasteiger partial charge is 0.455 e. The third kappa shape index (κ3) is 3.79. The number of ether oxygens (including phenoxy) is 1. The Balaban J connectivity index is 1.38. The predicted octanol–water partition coefficient (Wildman–Crippen LogP) is 2.19. The molecule has 1 aromatic carbocycles. The Hall–Kier alpha value is -2.70. The zero-order valence-corrected chi connectivity index (χ0v) is 15.9. The zero-order valence-electron chi connectivity index (χ0n) is 15.9. The molecule has 0 unspecified atom stereocenters. The molecule has 2 aromatic rings. The van der Waals surface area contributed by atoms with Crippen molar-refractivity contribution >= 4 is 22.6 Å². The quantitative estimate of drug-likeness (QED) is 0.817. The van der Waals surface area contributed by atoms with Gasteiger partial charge in [0.15, 0.2) is 6.61 Å². The SMILES string of the molecule is O=C(Cc1n[nH]c(=O)c2ccccc12)OCC(=O)N1CCC[C@@H]2CCCC[C@H]21. The second-order valence-corrected chi connectivity index (χ2v) is 7.72. The Morgan fingerprint density at radius 3 is 2.71 bits per heavy atom. The number of aromatic amines is 1. The molecule has 1 aliphatic carbocycles. The third-order valence-corrected chi connectivity index (χ3v) is 6.01. The van der Waals surface area contributed by atoms with Crippen LogP contribution in [-0.4, -0.2) is 46.2 Å². The molecule has 2 fully saturated rings. The van der Waals surface area contributed by atoms with Gasteiger partial charge in [-0.05, 0) is 37.7 Å². The van der Waals surface area contributed by atoms with E-state index < -0.39 is 5.97 Å². The Morgan fingerprint density at radius 1 is 1.11 bits per heavy atom. The van der Waals surface area contributed by atoms with Crippen LogP contribution in [-0.2, 0) is 20.7 Å². The number of piperidine rings is 1. The van der Waals surface area contributed by atoms with Gasteiger partial charge in [-0.25, -0.2) is 5.10 Å². The highest BCUT2D eigenvalue weighted by atomic mass is 16.5. The van der Waals surface area contributed by atoms with Crippen molar-refractivity contribution in [1.29, 1.82) is 0 Å². The van der Waals surface area contributed by atoms with E-state index in [0.717, 1.165) is 25.8 Å². The topological polar surface area (TPSA) is 92.4 Å². The van der Waals surface area contributed by atoms with Crippen molar-refractivity contribution in [2.75, 3.05) is 13.2 Å². The van der Waals surface area contributed by atoms with Crippen molar-refractivity contribution in [3.63, 3.8) is 0 Å². The van der Waals surface area contributed by atoms with E-state index in [-0.39, 0.29) is 24.5 Å². The molecular weight excluding hydrogens is 358 g/mol. The molecule has 1 saturated heterocycles.